The zero-order chi connectivity index (χ0) is 18.4. The molecule has 136 valence electrons. The molecule has 1 heterocycles. The van der Waals surface area contributed by atoms with E-state index < -0.39 is 5.97 Å². The van der Waals surface area contributed by atoms with E-state index >= 15 is 0 Å². The van der Waals surface area contributed by atoms with E-state index in [1.807, 2.05) is 12.1 Å². The van der Waals surface area contributed by atoms with Crippen LogP contribution in [0, 0.1) is 5.92 Å². The Hall–Kier alpha value is -2.69. The van der Waals surface area contributed by atoms with Gasteiger partial charge in [-0.05, 0) is 36.1 Å². The monoisotopic (exact) mass is 352 g/mol. The molecule has 1 aromatic heterocycles. The molecule has 1 fully saturated rings. The number of hydrogen-bond acceptors (Lipinski definition) is 3. The van der Waals surface area contributed by atoms with Crippen LogP contribution in [-0.4, -0.2) is 28.5 Å². The molecule has 0 bridgehead atoms. The first-order chi connectivity index (χ1) is 12.6. The number of rotatable bonds is 7. The third-order valence-corrected chi connectivity index (χ3v) is 4.97. The van der Waals surface area contributed by atoms with Crippen molar-refractivity contribution in [1.82, 2.24) is 10.3 Å². The quantitative estimate of drug-likeness (QED) is 0.796. The van der Waals surface area contributed by atoms with E-state index in [9.17, 15) is 9.59 Å². The molecule has 0 radical (unpaired) electrons. The van der Waals surface area contributed by atoms with E-state index in [1.54, 1.807) is 30.5 Å². The predicted octanol–water partition coefficient (Wildman–Crippen LogP) is 3.69. The Bertz CT molecular complexity index is 748. The Balaban J connectivity index is 1.50. The number of carboxylic acid groups (broad SMARTS) is 1. The van der Waals surface area contributed by atoms with Crippen molar-refractivity contribution in [3.05, 3.63) is 53.7 Å². The van der Waals surface area contributed by atoms with Gasteiger partial charge in [0.05, 0.1) is 17.7 Å². The molecule has 26 heavy (non-hydrogen) atoms. The number of carbonyl (C=O) groups excluding carboxylic acids is 1. The maximum atomic E-state index is 12.0. The number of benzene rings is 1. The van der Waals surface area contributed by atoms with Crippen molar-refractivity contribution < 1.29 is 14.7 Å². The molecular weight excluding hydrogens is 328 g/mol. The summed E-state index contributed by atoms with van der Waals surface area (Å²) in [6.45, 7) is 0.755. The Morgan fingerprint density at radius 1 is 1.08 bits per heavy atom. The highest BCUT2D eigenvalue weighted by atomic mass is 16.4. The first kappa shape index (κ1) is 18.1. The van der Waals surface area contributed by atoms with Gasteiger partial charge in [-0.25, -0.2) is 4.79 Å². The van der Waals surface area contributed by atoms with Gasteiger partial charge in [0.1, 0.15) is 0 Å². The fourth-order valence-corrected chi connectivity index (χ4v) is 3.45. The lowest BCUT2D eigenvalue weighted by Gasteiger charge is -2.10. The highest BCUT2D eigenvalue weighted by molar-refractivity contribution is 5.88. The van der Waals surface area contributed by atoms with Crippen LogP contribution >= 0.6 is 0 Å². The minimum absolute atomic E-state index is 0.0309. The van der Waals surface area contributed by atoms with Gasteiger partial charge in [0.2, 0.25) is 5.91 Å². The molecule has 5 heteroatoms. The van der Waals surface area contributed by atoms with E-state index in [1.165, 1.54) is 25.7 Å². The van der Waals surface area contributed by atoms with Crippen molar-refractivity contribution in [2.45, 2.75) is 38.5 Å². The van der Waals surface area contributed by atoms with Gasteiger partial charge in [0, 0.05) is 18.3 Å². The van der Waals surface area contributed by atoms with Crippen LogP contribution in [0.2, 0.25) is 0 Å². The van der Waals surface area contributed by atoms with Gasteiger partial charge in [0.15, 0.2) is 0 Å². The van der Waals surface area contributed by atoms with Gasteiger partial charge in [-0.3, -0.25) is 9.78 Å². The number of carboxylic acids is 1. The smallest absolute Gasteiger partial charge is 0.335 e. The molecule has 0 aliphatic heterocycles. The molecule has 2 aromatic rings. The van der Waals surface area contributed by atoms with Crippen LogP contribution < -0.4 is 5.32 Å². The van der Waals surface area contributed by atoms with Gasteiger partial charge >= 0.3 is 5.97 Å². The lowest BCUT2D eigenvalue weighted by atomic mass is 10.0. The zero-order valence-electron chi connectivity index (χ0n) is 14.8. The average molecular weight is 352 g/mol. The second kappa shape index (κ2) is 8.61. The summed E-state index contributed by atoms with van der Waals surface area (Å²) in [6, 6.07) is 10.3. The standard InChI is InChI=1S/C21H24N2O3/c24-20(22-12-11-15-3-1-2-4-15)13-16-5-10-19(23-14-16)17-6-8-18(9-7-17)21(25)26/h5-10,14-15H,1-4,11-13H2,(H,22,24)(H,25,26). The van der Waals surface area contributed by atoms with Crippen molar-refractivity contribution in [3.8, 4) is 11.3 Å². The lowest BCUT2D eigenvalue weighted by molar-refractivity contribution is -0.120. The van der Waals surface area contributed by atoms with Crippen LogP contribution in [0.1, 0.15) is 48.0 Å². The molecule has 0 spiro atoms. The summed E-state index contributed by atoms with van der Waals surface area (Å²) < 4.78 is 0. The Morgan fingerprint density at radius 3 is 2.42 bits per heavy atom. The fourth-order valence-electron chi connectivity index (χ4n) is 3.45. The fraction of sp³-hybridized carbons (Fsp3) is 0.381. The van der Waals surface area contributed by atoms with Crippen molar-refractivity contribution in [1.29, 1.82) is 0 Å². The molecular formula is C21H24N2O3. The maximum absolute atomic E-state index is 12.0. The predicted molar refractivity (Wildman–Crippen MR) is 99.9 cm³/mol. The summed E-state index contributed by atoms with van der Waals surface area (Å²) in [6.07, 6.45) is 8.37. The summed E-state index contributed by atoms with van der Waals surface area (Å²) in [4.78, 5) is 27.3. The van der Waals surface area contributed by atoms with Crippen LogP contribution in [0.5, 0.6) is 0 Å². The minimum atomic E-state index is -0.946. The van der Waals surface area contributed by atoms with Crippen LogP contribution in [-0.2, 0) is 11.2 Å². The van der Waals surface area contributed by atoms with Gasteiger partial charge in [-0.15, -0.1) is 0 Å². The lowest BCUT2D eigenvalue weighted by Crippen LogP contribution is -2.27. The summed E-state index contributed by atoms with van der Waals surface area (Å²) in [5, 5.41) is 11.9. The molecule has 3 rings (SSSR count). The zero-order valence-corrected chi connectivity index (χ0v) is 14.8. The third kappa shape index (κ3) is 4.91. The third-order valence-electron chi connectivity index (χ3n) is 4.97. The number of amides is 1. The number of aromatic carboxylic acids is 1. The Morgan fingerprint density at radius 2 is 1.81 bits per heavy atom. The van der Waals surface area contributed by atoms with Crippen LogP contribution in [0.4, 0.5) is 0 Å². The maximum Gasteiger partial charge on any atom is 0.335 e. The number of hydrogen-bond donors (Lipinski definition) is 2. The van der Waals surface area contributed by atoms with E-state index in [4.69, 9.17) is 5.11 Å². The van der Waals surface area contributed by atoms with Crippen molar-refractivity contribution in [2.75, 3.05) is 6.54 Å². The van der Waals surface area contributed by atoms with Crippen LogP contribution in [0.25, 0.3) is 11.3 Å². The topological polar surface area (TPSA) is 79.3 Å². The molecule has 1 aliphatic rings. The minimum Gasteiger partial charge on any atom is -0.478 e. The SMILES string of the molecule is O=C(Cc1ccc(-c2ccc(C(=O)O)cc2)nc1)NCCC1CCCC1. The van der Waals surface area contributed by atoms with Gasteiger partial charge in [-0.1, -0.05) is 43.9 Å². The highest BCUT2D eigenvalue weighted by Gasteiger charge is 2.14. The largest absolute Gasteiger partial charge is 0.478 e. The molecule has 1 aromatic carbocycles. The summed E-state index contributed by atoms with van der Waals surface area (Å²) in [7, 11) is 0. The van der Waals surface area contributed by atoms with Gasteiger partial charge in [-0.2, -0.15) is 0 Å². The molecule has 1 saturated carbocycles. The molecule has 0 unspecified atom stereocenters. The van der Waals surface area contributed by atoms with Crippen molar-refractivity contribution in [3.63, 3.8) is 0 Å². The summed E-state index contributed by atoms with van der Waals surface area (Å²) in [5.74, 6) is -0.133. The molecule has 1 aliphatic carbocycles. The normalized spacial score (nSPS) is 14.3. The second-order valence-corrected chi connectivity index (χ2v) is 6.90. The highest BCUT2D eigenvalue weighted by Crippen LogP contribution is 2.26. The van der Waals surface area contributed by atoms with Crippen LogP contribution in [0.15, 0.2) is 42.6 Å². The number of carbonyl (C=O) groups is 2. The molecule has 1 amide bonds. The first-order valence-corrected chi connectivity index (χ1v) is 9.17. The molecule has 0 atom stereocenters. The van der Waals surface area contributed by atoms with E-state index in [2.05, 4.69) is 10.3 Å². The Labute approximate surface area is 153 Å². The van der Waals surface area contributed by atoms with E-state index in [0.29, 0.717) is 6.42 Å². The molecule has 5 nitrogen and oxygen atoms in total. The summed E-state index contributed by atoms with van der Waals surface area (Å²) in [5.41, 5.74) is 2.73. The molecule has 0 saturated heterocycles. The van der Waals surface area contributed by atoms with Gasteiger partial charge < -0.3 is 10.4 Å². The summed E-state index contributed by atoms with van der Waals surface area (Å²) >= 11 is 0. The number of nitrogens with zero attached hydrogens (tertiary/aromatic N) is 1. The number of nitrogens with one attached hydrogen (secondary N) is 1. The second-order valence-electron chi connectivity index (χ2n) is 6.90. The number of pyridine rings is 1. The van der Waals surface area contributed by atoms with Crippen LogP contribution in [0.3, 0.4) is 0 Å². The molecule has 2 N–H and O–H groups in total. The van der Waals surface area contributed by atoms with Crippen molar-refractivity contribution in [2.24, 2.45) is 5.92 Å². The Kier molecular flexibility index (Phi) is 6.00. The van der Waals surface area contributed by atoms with Gasteiger partial charge in [0.25, 0.3) is 0 Å². The van der Waals surface area contributed by atoms with Crippen molar-refractivity contribution >= 4 is 11.9 Å². The average Bonchev–Trinajstić information content (AvgIpc) is 3.16. The van der Waals surface area contributed by atoms with E-state index in [-0.39, 0.29) is 11.5 Å². The number of aromatic nitrogens is 1. The first-order valence-electron chi connectivity index (χ1n) is 9.17. The van der Waals surface area contributed by atoms with E-state index in [0.717, 1.165) is 35.7 Å².